The molecule has 0 fully saturated rings. The Hall–Kier alpha value is -2.54. The smallest absolute Gasteiger partial charge is 0.0497 e. The fraction of sp³-hybridized carbons (Fsp3) is 0.217. The van der Waals surface area contributed by atoms with Gasteiger partial charge in [-0.05, 0) is 46.4 Å². The molecule has 0 amide bonds. The molecule has 0 N–H and O–H groups in total. The zero-order valence-electron chi connectivity index (χ0n) is 14.6. The first kappa shape index (κ1) is 15.0. The third kappa shape index (κ3) is 2.50. The molecule has 1 aliphatic rings. The Morgan fingerprint density at radius 1 is 0.708 bits per heavy atom. The Bertz CT molecular complexity index is 872. The molecule has 3 aromatic rings. The molecular formula is C23H23N. The quantitative estimate of drug-likeness (QED) is 0.395. The first-order valence-electron chi connectivity index (χ1n) is 8.60. The van der Waals surface area contributed by atoms with E-state index in [1.807, 2.05) is 0 Å². The molecule has 0 radical (unpaired) electrons. The number of hydrogen-bond donors (Lipinski definition) is 0. The lowest BCUT2D eigenvalue weighted by atomic mass is 9.84. The van der Waals surface area contributed by atoms with Crippen LogP contribution >= 0.6 is 0 Å². The van der Waals surface area contributed by atoms with E-state index in [-0.39, 0.29) is 5.41 Å². The van der Waals surface area contributed by atoms with E-state index in [9.17, 15) is 0 Å². The van der Waals surface area contributed by atoms with Crippen molar-refractivity contribution in [3.05, 3.63) is 89.5 Å². The van der Waals surface area contributed by atoms with Crippen molar-refractivity contribution in [1.29, 1.82) is 0 Å². The highest BCUT2D eigenvalue weighted by atomic mass is 15.2. The van der Waals surface area contributed by atoms with E-state index in [1.165, 1.54) is 33.8 Å². The van der Waals surface area contributed by atoms with Crippen LogP contribution in [0.4, 0.5) is 17.1 Å². The van der Waals surface area contributed by atoms with Crippen LogP contribution in [-0.4, -0.2) is 0 Å². The van der Waals surface area contributed by atoms with Gasteiger partial charge < -0.3 is 4.90 Å². The van der Waals surface area contributed by atoms with Crippen LogP contribution in [0.1, 0.15) is 37.5 Å². The lowest BCUT2D eigenvalue weighted by molar-refractivity contribution is 0.589. The molecule has 0 atom stereocenters. The number of para-hydroxylation sites is 2. The van der Waals surface area contributed by atoms with Crippen molar-refractivity contribution < 1.29 is 0 Å². The van der Waals surface area contributed by atoms with Crippen molar-refractivity contribution in [2.45, 2.75) is 32.6 Å². The molecule has 0 aliphatic carbocycles. The van der Waals surface area contributed by atoms with E-state index in [2.05, 4.69) is 98.5 Å². The molecule has 0 spiro atoms. The second-order valence-electron chi connectivity index (χ2n) is 7.57. The van der Waals surface area contributed by atoms with Gasteiger partial charge in [0, 0.05) is 23.5 Å². The lowest BCUT2D eigenvalue weighted by Crippen LogP contribution is -2.20. The molecule has 0 unspecified atom stereocenters. The average Bonchev–Trinajstić information content (AvgIpc) is 2.59. The molecule has 1 nitrogen and oxygen atoms in total. The first-order chi connectivity index (χ1) is 11.5. The SMILES string of the molecule is CC(C)(C)c1ccc2c(c1)Cc1ccccc1N2c1ccccc1. The maximum Gasteiger partial charge on any atom is 0.0497 e. The fourth-order valence-electron chi connectivity index (χ4n) is 3.48. The van der Waals surface area contributed by atoms with Crippen molar-refractivity contribution >= 4 is 17.1 Å². The summed E-state index contributed by atoms with van der Waals surface area (Å²) in [7, 11) is 0. The Morgan fingerprint density at radius 2 is 1.38 bits per heavy atom. The number of anilines is 3. The van der Waals surface area contributed by atoms with E-state index < -0.39 is 0 Å². The molecule has 24 heavy (non-hydrogen) atoms. The van der Waals surface area contributed by atoms with Gasteiger partial charge in [-0.1, -0.05) is 69.3 Å². The van der Waals surface area contributed by atoms with Crippen molar-refractivity contribution in [2.24, 2.45) is 0 Å². The summed E-state index contributed by atoms with van der Waals surface area (Å²) in [4.78, 5) is 2.39. The normalized spacial score (nSPS) is 13.4. The summed E-state index contributed by atoms with van der Waals surface area (Å²) in [6, 6.07) is 26.4. The molecular weight excluding hydrogens is 290 g/mol. The molecule has 1 aliphatic heterocycles. The average molecular weight is 313 g/mol. The van der Waals surface area contributed by atoms with Gasteiger partial charge in [-0.3, -0.25) is 0 Å². The Labute approximate surface area is 144 Å². The number of nitrogens with zero attached hydrogens (tertiary/aromatic N) is 1. The predicted octanol–water partition coefficient (Wildman–Crippen LogP) is 6.36. The zero-order valence-corrected chi connectivity index (χ0v) is 14.6. The van der Waals surface area contributed by atoms with Crippen LogP contribution in [0.25, 0.3) is 0 Å². The topological polar surface area (TPSA) is 3.24 Å². The highest BCUT2D eigenvalue weighted by molar-refractivity contribution is 5.83. The third-order valence-corrected chi connectivity index (χ3v) is 4.81. The number of hydrogen-bond acceptors (Lipinski definition) is 1. The third-order valence-electron chi connectivity index (χ3n) is 4.81. The van der Waals surface area contributed by atoms with E-state index in [0.29, 0.717) is 0 Å². The van der Waals surface area contributed by atoms with Crippen LogP contribution in [-0.2, 0) is 11.8 Å². The van der Waals surface area contributed by atoms with Gasteiger partial charge in [0.1, 0.15) is 0 Å². The van der Waals surface area contributed by atoms with Crippen LogP contribution in [0.5, 0.6) is 0 Å². The van der Waals surface area contributed by atoms with Gasteiger partial charge in [-0.15, -0.1) is 0 Å². The monoisotopic (exact) mass is 313 g/mol. The second kappa shape index (κ2) is 5.52. The van der Waals surface area contributed by atoms with Crippen LogP contribution in [0.15, 0.2) is 72.8 Å². The second-order valence-corrected chi connectivity index (χ2v) is 7.57. The summed E-state index contributed by atoms with van der Waals surface area (Å²) in [6.45, 7) is 6.83. The number of fused-ring (bicyclic) bond motifs is 2. The fourth-order valence-corrected chi connectivity index (χ4v) is 3.48. The summed E-state index contributed by atoms with van der Waals surface area (Å²) in [5.74, 6) is 0. The highest BCUT2D eigenvalue weighted by Gasteiger charge is 2.25. The van der Waals surface area contributed by atoms with Gasteiger partial charge in [-0.2, -0.15) is 0 Å². The first-order valence-corrected chi connectivity index (χ1v) is 8.60. The van der Waals surface area contributed by atoms with E-state index in [0.717, 1.165) is 6.42 Å². The minimum absolute atomic E-state index is 0.170. The minimum Gasteiger partial charge on any atom is -0.310 e. The summed E-state index contributed by atoms with van der Waals surface area (Å²) < 4.78 is 0. The summed E-state index contributed by atoms with van der Waals surface area (Å²) in [5.41, 5.74) is 8.17. The lowest BCUT2D eigenvalue weighted by Gasteiger charge is -2.34. The van der Waals surface area contributed by atoms with Crippen molar-refractivity contribution in [3.8, 4) is 0 Å². The maximum atomic E-state index is 2.39. The zero-order chi connectivity index (χ0) is 16.7. The van der Waals surface area contributed by atoms with Crippen molar-refractivity contribution in [1.82, 2.24) is 0 Å². The predicted molar refractivity (Wildman–Crippen MR) is 103 cm³/mol. The molecule has 0 bridgehead atoms. The van der Waals surface area contributed by atoms with Crippen molar-refractivity contribution in [2.75, 3.05) is 4.90 Å². The van der Waals surface area contributed by atoms with Crippen LogP contribution < -0.4 is 4.90 Å². The van der Waals surface area contributed by atoms with Gasteiger partial charge >= 0.3 is 0 Å². The van der Waals surface area contributed by atoms with Gasteiger partial charge in [-0.25, -0.2) is 0 Å². The van der Waals surface area contributed by atoms with Gasteiger partial charge in [0.05, 0.1) is 0 Å². The highest BCUT2D eigenvalue weighted by Crippen LogP contribution is 2.44. The summed E-state index contributed by atoms with van der Waals surface area (Å²) >= 11 is 0. The van der Waals surface area contributed by atoms with E-state index >= 15 is 0 Å². The Kier molecular flexibility index (Phi) is 3.45. The largest absolute Gasteiger partial charge is 0.310 e. The van der Waals surface area contributed by atoms with Crippen LogP contribution in [0, 0.1) is 0 Å². The van der Waals surface area contributed by atoms with Crippen LogP contribution in [0.2, 0.25) is 0 Å². The van der Waals surface area contributed by atoms with Crippen molar-refractivity contribution in [3.63, 3.8) is 0 Å². The summed E-state index contributed by atoms with van der Waals surface area (Å²) in [6.07, 6.45) is 0.999. The summed E-state index contributed by atoms with van der Waals surface area (Å²) in [5, 5.41) is 0. The molecule has 3 aromatic carbocycles. The van der Waals surface area contributed by atoms with Crippen LogP contribution in [0.3, 0.4) is 0 Å². The number of rotatable bonds is 1. The molecule has 0 aromatic heterocycles. The number of benzene rings is 3. The molecule has 0 saturated heterocycles. The van der Waals surface area contributed by atoms with E-state index in [1.54, 1.807) is 0 Å². The van der Waals surface area contributed by atoms with E-state index in [4.69, 9.17) is 0 Å². The minimum atomic E-state index is 0.170. The van der Waals surface area contributed by atoms with Gasteiger partial charge in [0.15, 0.2) is 0 Å². The Morgan fingerprint density at radius 3 is 2.12 bits per heavy atom. The van der Waals surface area contributed by atoms with Gasteiger partial charge in [0.2, 0.25) is 0 Å². The molecule has 120 valence electrons. The Balaban J connectivity index is 1.92. The molecule has 1 heteroatoms. The molecule has 4 rings (SSSR count). The maximum absolute atomic E-state index is 2.39. The molecule has 0 saturated carbocycles. The standard InChI is InChI=1S/C23H23N/c1-23(2,3)19-13-14-22-18(16-19)15-17-9-7-8-12-21(17)24(22)20-10-5-4-6-11-20/h4-14,16H,15H2,1-3H3. The van der Waals surface area contributed by atoms with Gasteiger partial charge in [0.25, 0.3) is 0 Å². The molecule has 1 heterocycles.